The number of hydrogen-bond acceptors (Lipinski definition) is 3. The van der Waals surface area contributed by atoms with Crippen molar-refractivity contribution < 1.29 is 9.18 Å². The topological polar surface area (TPSA) is 56.1 Å². The van der Waals surface area contributed by atoms with Crippen LogP contribution in [0.5, 0.6) is 0 Å². The van der Waals surface area contributed by atoms with Crippen LogP contribution in [0.25, 0.3) is 0 Å². The van der Waals surface area contributed by atoms with Gasteiger partial charge in [-0.1, -0.05) is 6.07 Å². The van der Waals surface area contributed by atoms with Crippen LogP contribution in [0.3, 0.4) is 0 Å². The predicted octanol–water partition coefficient (Wildman–Crippen LogP) is 1.22. The normalized spacial score (nSPS) is 9.88. The zero-order valence-corrected chi connectivity index (χ0v) is 8.90. The molecule has 1 amide bonds. The molecule has 0 saturated carbocycles. The highest BCUT2D eigenvalue weighted by Gasteiger charge is 2.06. The van der Waals surface area contributed by atoms with Crippen LogP contribution >= 0.6 is 0 Å². The molecule has 0 fully saturated rings. The molecule has 4 nitrogen and oxygen atoms in total. The first-order valence-electron chi connectivity index (χ1n) is 4.72. The fraction of sp³-hybridized carbons (Fsp3) is 0.273. The molecule has 0 bridgehead atoms. The number of hydrogen-bond donors (Lipinski definition) is 1. The molecule has 0 aromatic heterocycles. The number of amides is 1. The van der Waals surface area contributed by atoms with Crippen LogP contribution in [-0.4, -0.2) is 30.9 Å². The van der Waals surface area contributed by atoms with E-state index >= 15 is 0 Å². The minimum Gasteiger partial charge on any atom is -0.325 e. The highest BCUT2D eigenvalue weighted by Crippen LogP contribution is 2.08. The highest BCUT2D eigenvalue weighted by atomic mass is 19.1. The Morgan fingerprint density at radius 2 is 2.38 bits per heavy atom. The van der Waals surface area contributed by atoms with Gasteiger partial charge in [-0.25, -0.2) is 4.39 Å². The number of benzene rings is 1. The third-order valence-electron chi connectivity index (χ3n) is 1.86. The third kappa shape index (κ3) is 4.07. The standard InChI is InChI=1S/C11H12FN3O/c1-15(6-5-13)8-11(16)14-10-4-2-3-9(12)7-10/h2-4,7H,6,8H2,1H3,(H,14,16). The molecule has 1 aromatic carbocycles. The first kappa shape index (κ1) is 12.1. The predicted molar refractivity (Wildman–Crippen MR) is 58.1 cm³/mol. The van der Waals surface area contributed by atoms with Crippen LogP contribution in [0.2, 0.25) is 0 Å². The molecule has 0 atom stereocenters. The monoisotopic (exact) mass is 221 g/mol. The zero-order valence-electron chi connectivity index (χ0n) is 8.90. The number of carbonyl (C=O) groups is 1. The summed E-state index contributed by atoms with van der Waals surface area (Å²) in [6.07, 6.45) is 0. The van der Waals surface area contributed by atoms with Crippen LogP contribution in [0, 0.1) is 17.1 Å². The third-order valence-corrected chi connectivity index (χ3v) is 1.86. The van der Waals surface area contributed by atoms with Crippen LogP contribution in [0.4, 0.5) is 10.1 Å². The van der Waals surface area contributed by atoms with Gasteiger partial charge >= 0.3 is 0 Å². The second-order valence-corrected chi connectivity index (χ2v) is 3.39. The maximum atomic E-state index is 12.8. The average Bonchev–Trinajstić information content (AvgIpc) is 2.17. The zero-order chi connectivity index (χ0) is 12.0. The molecule has 0 heterocycles. The molecule has 1 N–H and O–H groups in total. The largest absolute Gasteiger partial charge is 0.325 e. The van der Waals surface area contributed by atoms with Gasteiger partial charge in [0.1, 0.15) is 5.82 Å². The first-order valence-corrected chi connectivity index (χ1v) is 4.72. The number of carbonyl (C=O) groups excluding carboxylic acids is 1. The molecule has 0 aliphatic rings. The van der Waals surface area contributed by atoms with E-state index in [9.17, 15) is 9.18 Å². The summed E-state index contributed by atoms with van der Waals surface area (Å²) in [4.78, 5) is 13.0. The van der Waals surface area contributed by atoms with Crippen LogP contribution in [-0.2, 0) is 4.79 Å². The van der Waals surface area contributed by atoms with Crippen molar-refractivity contribution in [1.29, 1.82) is 5.26 Å². The van der Waals surface area contributed by atoms with E-state index in [4.69, 9.17) is 5.26 Å². The lowest BCUT2D eigenvalue weighted by atomic mass is 10.3. The molecular formula is C11H12FN3O. The number of rotatable bonds is 4. The lowest BCUT2D eigenvalue weighted by molar-refractivity contribution is -0.116. The van der Waals surface area contributed by atoms with Gasteiger partial charge in [0.15, 0.2) is 0 Å². The number of likely N-dealkylation sites (N-methyl/N-ethyl adjacent to an activating group) is 1. The fourth-order valence-electron chi connectivity index (χ4n) is 1.19. The average molecular weight is 221 g/mol. The molecule has 0 spiro atoms. The second kappa shape index (κ2) is 5.83. The molecule has 16 heavy (non-hydrogen) atoms. The Bertz CT molecular complexity index is 414. The van der Waals surface area contributed by atoms with E-state index in [1.54, 1.807) is 18.0 Å². The number of halogens is 1. The van der Waals surface area contributed by atoms with Crippen molar-refractivity contribution in [2.45, 2.75) is 0 Å². The van der Waals surface area contributed by atoms with Crippen molar-refractivity contribution in [3.63, 3.8) is 0 Å². The smallest absolute Gasteiger partial charge is 0.238 e. The molecule has 0 radical (unpaired) electrons. The molecule has 0 aliphatic heterocycles. The molecule has 84 valence electrons. The molecule has 0 saturated heterocycles. The highest BCUT2D eigenvalue weighted by molar-refractivity contribution is 5.92. The number of nitrogens with one attached hydrogen (secondary N) is 1. The summed E-state index contributed by atoms with van der Waals surface area (Å²) < 4.78 is 12.8. The van der Waals surface area contributed by atoms with E-state index < -0.39 is 5.82 Å². The van der Waals surface area contributed by atoms with E-state index in [1.807, 2.05) is 6.07 Å². The number of nitriles is 1. The Labute approximate surface area is 93.3 Å². The van der Waals surface area contributed by atoms with Gasteiger partial charge in [0, 0.05) is 5.69 Å². The Kier molecular flexibility index (Phi) is 4.42. The van der Waals surface area contributed by atoms with E-state index in [1.165, 1.54) is 18.2 Å². The Morgan fingerprint density at radius 3 is 3.00 bits per heavy atom. The Balaban J connectivity index is 2.49. The second-order valence-electron chi connectivity index (χ2n) is 3.39. The van der Waals surface area contributed by atoms with Gasteiger partial charge in [0.2, 0.25) is 5.91 Å². The van der Waals surface area contributed by atoms with Crippen LogP contribution in [0.15, 0.2) is 24.3 Å². The molecule has 5 heteroatoms. The van der Waals surface area contributed by atoms with Gasteiger partial charge in [-0.15, -0.1) is 0 Å². The minimum atomic E-state index is -0.400. The van der Waals surface area contributed by atoms with Gasteiger partial charge in [0.05, 0.1) is 19.2 Å². The number of anilines is 1. The quantitative estimate of drug-likeness (QED) is 0.778. The van der Waals surface area contributed by atoms with Gasteiger partial charge in [-0.3, -0.25) is 9.69 Å². The Morgan fingerprint density at radius 1 is 1.62 bits per heavy atom. The molecule has 0 aliphatic carbocycles. The van der Waals surface area contributed by atoms with Crippen LogP contribution in [0.1, 0.15) is 0 Å². The maximum Gasteiger partial charge on any atom is 0.238 e. The van der Waals surface area contributed by atoms with Gasteiger partial charge in [-0.05, 0) is 25.2 Å². The van der Waals surface area contributed by atoms with Crippen molar-refractivity contribution in [2.24, 2.45) is 0 Å². The summed E-state index contributed by atoms with van der Waals surface area (Å²) in [6.45, 7) is 0.278. The fourth-order valence-corrected chi connectivity index (χ4v) is 1.19. The number of nitrogens with zero attached hydrogens (tertiary/aromatic N) is 2. The van der Waals surface area contributed by atoms with E-state index in [0.29, 0.717) is 5.69 Å². The maximum absolute atomic E-state index is 12.8. The summed E-state index contributed by atoms with van der Waals surface area (Å²) in [5.74, 6) is -0.675. The van der Waals surface area contributed by atoms with Gasteiger partial charge in [-0.2, -0.15) is 5.26 Å². The molecule has 1 rings (SSSR count). The minimum absolute atomic E-state index is 0.101. The lowest BCUT2D eigenvalue weighted by Crippen LogP contribution is -2.30. The summed E-state index contributed by atoms with van der Waals surface area (Å²) in [6, 6.07) is 7.59. The van der Waals surface area contributed by atoms with Crippen LogP contribution < -0.4 is 5.32 Å². The van der Waals surface area contributed by atoms with E-state index in [0.717, 1.165) is 0 Å². The van der Waals surface area contributed by atoms with Crippen molar-refractivity contribution in [1.82, 2.24) is 4.90 Å². The van der Waals surface area contributed by atoms with Gasteiger partial charge in [0.25, 0.3) is 0 Å². The Hall–Kier alpha value is -1.93. The van der Waals surface area contributed by atoms with Crippen molar-refractivity contribution in [3.05, 3.63) is 30.1 Å². The summed E-state index contributed by atoms with van der Waals surface area (Å²) in [5.41, 5.74) is 0.412. The van der Waals surface area contributed by atoms with Gasteiger partial charge < -0.3 is 5.32 Å². The van der Waals surface area contributed by atoms with Crippen molar-refractivity contribution in [2.75, 3.05) is 25.5 Å². The summed E-state index contributed by atoms with van der Waals surface area (Å²) in [7, 11) is 1.66. The summed E-state index contributed by atoms with van der Waals surface area (Å²) in [5, 5.41) is 10.9. The summed E-state index contributed by atoms with van der Waals surface area (Å²) >= 11 is 0. The SMILES string of the molecule is CN(CC#N)CC(=O)Nc1cccc(F)c1. The first-order chi connectivity index (χ1) is 7.61. The lowest BCUT2D eigenvalue weighted by Gasteiger charge is -2.12. The van der Waals surface area contributed by atoms with Crippen molar-refractivity contribution in [3.8, 4) is 6.07 Å². The molecule has 1 aromatic rings. The van der Waals surface area contributed by atoms with Crippen molar-refractivity contribution >= 4 is 11.6 Å². The van der Waals surface area contributed by atoms with E-state index in [-0.39, 0.29) is 19.0 Å². The molecular weight excluding hydrogens is 209 g/mol. The molecule has 0 unspecified atom stereocenters. The van der Waals surface area contributed by atoms with E-state index in [2.05, 4.69) is 5.32 Å².